The highest BCUT2D eigenvalue weighted by atomic mass is 16.1. The highest BCUT2D eigenvalue weighted by molar-refractivity contribution is 6.09. The van der Waals surface area contributed by atoms with Gasteiger partial charge in [0.25, 0.3) is 5.91 Å². The number of aromatic nitrogens is 4. The maximum Gasteiger partial charge on any atom is 0.266 e. The first kappa shape index (κ1) is 20.6. The topological polar surface area (TPSA) is 99.4 Å². The van der Waals surface area contributed by atoms with Gasteiger partial charge in [-0.3, -0.25) is 9.89 Å². The zero-order chi connectivity index (χ0) is 21.8. The summed E-state index contributed by atoms with van der Waals surface area (Å²) < 4.78 is 2.38. The maximum atomic E-state index is 12.7. The number of hydrogen-bond donors (Lipinski definition) is 2. The van der Waals surface area contributed by atoms with Crippen molar-refractivity contribution in [2.75, 3.05) is 5.32 Å². The fourth-order valence-corrected chi connectivity index (χ4v) is 4.41. The van der Waals surface area contributed by atoms with E-state index in [0.717, 1.165) is 16.8 Å². The van der Waals surface area contributed by atoms with Crippen LogP contribution in [-0.4, -0.2) is 25.7 Å². The molecule has 2 heterocycles. The van der Waals surface area contributed by atoms with Gasteiger partial charge in [-0.25, -0.2) is 4.98 Å². The lowest BCUT2D eigenvalue weighted by Crippen LogP contribution is -2.15. The minimum absolute atomic E-state index is 0.0863. The van der Waals surface area contributed by atoms with Gasteiger partial charge in [0, 0.05) is 28.7 Å². The summed E-state index contributed by atoms with van der Waals surface area (Å²) in [6.45, 7) is 4.17. The molecule has 158 valence electrons. The number of carbonyl (C=O) groups is 1. The molecule has 1 saturated carbocycles. The molecular weight excluding hydrogens is 388 g/mol. The van der Waals surface area contributed by atoms with Crippen LogP contribution in [0.4, 0.5) is 5.69 Å². The monoisotopic (exact) mass is 414 g/mol. The number of aromatic amines is 1. The molecule has 7 heteroatoms. The molecule has 1 aliphatic carbocycles. The molecule has 1 aromatic carbocycles. The minimum atomic E-state index is -0.419. The summed E-state index contributed by atoms with van der Waals surface area (Å²) in [7, 11) is 0. The van der Waals surface area contributed by atoms with Crippen molar-refractivity contribution in [2.24, 2.45) is 0 Å². The van der Waals surface area contributed by atoms with Gasteiger partial charge in [-0.15, -0.1) is 0 Å². The van der Waals surface area contributed by atoms with Gasteiger partial charge in [-0.05, 0) is 68.7 Å². The van der Waals surface area contributed by atoms with Gasteiger partial charge in [-0.1, -0.05) is 19.3 Å². The molecular formula is C24H26N6O. The van der Waals surface area contributed by atoms with Crippen molar-refractivity contribution < 1.29 is 4.79 Å². The molecule has 7 nitrogen and oxygen atoms in total. The number of H-pyrrole nitrogens is 1. The van der Waals surface area contributed by atoms with Crippen LogP contribution >= 0.6 is 0 Å². The number of rotatable bonds is 5. The fraction of sp³-hybridized carbons (Fsp3) is 0.333. The predicted octanol–water partition coefficient (Wildman–Crippen LogP) is 4.94. The van der Waals surface area contributed by atoms with Crippen LogP contribution in [0.25, 0.3) is 17.5 Å². The summed E-state index contributed by atoms with van der Waals surface area (Å²) in [5.74, 6) is 0.237. The Kier molecular flexibility index (Phi) is 5.99. The Bertz CT molecular complexity index is 1130. The number of nitriles is 1. The van der Waals surface area contributed by atoms with Crippen molar-refractivity contribution in [3.63, 3.8) is 0 Å². The number of amides is 1. The number of nitrogens with one attached hydrogen (secondary N) is 2. The quantitative estimate of drug-likeness (QED) is 0.456. The summed E-state index contributed by atoms with van der Waals surface area (Å²) in [4.78, 5) is 16.8. The summed E-state index contributed by atoms with van der Waals surface area (Å²) in [5.41, 5.74) is 4.78. The number of benzene rings is 1. The van der Waals surface area contributed by atoms with Gasteiger partial charge >= 0.3 is 0 Å². The SMILES string of the molecule is Cc1cc(/C=C(/C#N)C(=O)Nc2ccc(-c3ncn[nH]3)cc2)c(C)n1C1CCCCC1. The molecule has 0 unspecified atom stereocenters. The van der Waals surface area contributed by atoms with E-state index in [-0.39, 0.29) is 5.57 Å². The lowest BCUT2D eigenvalue weighted by Gasteiger charge is -2.26. The summed E-state index contributed by atoms with van der Waals surface area (Å²) in [5, 5.41) is 19.1. The number of carbonyl (C=O) groups excluding carboxylic acids is 1. The van der Waals surface area contributed by atoms with Crippen LogP contribution in [0.5, 0.6) is 0 Å². The average molecular weight is 415 g/mol. The third-order valence-electron chi connectivity index (χ3n) is 5.96. The second-order valence-corrected chi connectivity index (χ2v) is 8.02. The first-order valence-corrected chi connectivity index (χ1v) is 10.6. The molecule has 0 atom stereocenters. The van der Waals surface area contributed by atoms with E-state index < -0.39 is 5.91 Å². The maximum absolute atomic E-state index is 12.7. The van der Waals surface area contributed by atoms with Crippen LogP contribution in [0.3, 0.4) is 0 Å². The van der Waals surface area contributed by atoms with Crippen LogP contribution in [0.1, 0.15) is 55.1 Å². The highest BCUT2D eigenvalue weighted by Gasteiger charge is 2.20. The normalized spacial score (nSPS) is 14.9. The Morgan fingerprint density at radius 3 is 2.61 bits per heavy atom. The Morgan fingerprint density at radius 2 is 1.97 bits per heavy atom. The van der Waals surface area contributed by atoms with Crippen LogP contribution in [0, 0.1) is 25.2 Å². The second kappa shape index (κ2) is 9.00. The van der Waals surface area contributed by atoms with E-state index in [4.69, 9.17) is 0 Å². The molecule has 31 heavy (non-hydrogen) atoms. The zero-order valence-corrected chi connectivity index (χ0v) is 17.9. The first-order valence-electron chi connectivity index (χ1n) is 10.6. The molecule has 0 saturated heterocycles. The number of nitrogens with zero attached hydrogens (tertiary/aromatic N) is 4. The smallest absolute Gasteiger partial charge is 0.266 e. The van der Waals surface area contributed by atoms with Gasteiger partial charge in [0.05, 0.1) is 0 Å². The van der Waals surface area contributed by atoms with Gasteiger partial charge in [0.2, 0.25) is 0 Å². The van der Waals surface area contributed by atoms with Crippen molar-refractivity contribution in [1.29, 1.82) is 5.26 Å². The van der Waals surface area contributed by atoms with Gasteiger partial charge in [0.15, 0.2) is 5.82 Å². The minimum Gasteiger partial charge on any atom is -0.346 e. The molecule has 2 aromatic heterocycles. The van der Waals surface area contributed by atoms with E-state index in [2.05, 4.69) is 51.0 Å². The van der Waals surface area contributed by atoms with Crippen LogP contribution in [-0.2, 0) is 4.79 Å². The van der Waals surface area contributed by atoms with Crippen LogP contribution < -0.4 is 5.32 Å². The fourth-order valence-electron chi connectivity index (χ4n) is 4.41. The molecule has 0 spiro atoms. The van der Waals surface area contributed by atoms with E-state index in [9.17, 15) is 10.1 Å². The van der Waals surface area contributed by atoms with Crippen molar-refractivity contribution in [2.45, 2.75) is 52.0 Å². The Balaban J connectivity index is 1.52. The van der Waals surface area contributed by atoms with Crippen molar-refractivity contribution in [1.82, 2.24) is 19.7 Å². The second-order valence-electron chi connectivity index (χ2n) is 8.02. The van der Waals surface area contributed by atoms with Gasteiger partial charge in [-0.2, -0.15) is 10.4 Å². The van der Waals surface area contributed by atoms with Crippen molar-refractivity contribution in [3.05, 3.63) is 59.2 Å². The summed E-state index contributed by atoms with van der Waals surface area (Å²) >= 11 is 0. The molecule has 0 radical (unpaired) electrons. The number of anilines is 1. The van der Waals surface area contributed by atoms with Crippen LogP contribution in [0.15, 0.2) is 42.2 Å². The predicted molar refractivity (Wildman–Crippen MR) is 120 cm³/mol. The number of aryl methyl sites for hydroxylation is 1. The molecule has 3 aromatic rings. The molecule has 2 N–H and O–H groups in total. The lowest BCUT2D eigenvalue weighted by molar-refractivity contribution is -0.112. The third kappa shape index (κ3) is 4.43. The Labute approximate surface area is 181 Å². The first-order chi connectivity index (χ1) is 15.1. The average Bonchev–Trinajstić information content (AvgIpc) is 3.41. The van der Waals surface area contributed by atoms with E-state index >= 15 is 0 Å². The molecule has 0 bridgehead atoms. The number of hydrogen-bond acceptors (Lipinski definition) is 4. The molecule has 4 rings (SSSR count). The van der Waals surface area contributed by atoms with E-state index in [0.29, 0.717) is 17.6 Å². The Morgan fingerprint density at radius 1 is 1.23 bits per heavy atom. The molecule has 1 amide bonds. The van der Waals surface area contributed by atoms with Crippen molar-refractivity contribution in [3.8, 4) is 17.5 Å². The van der Waals surface area contributed by atoms with Gasteiger partial charge < -0.3 is 9.88 Å². The molecule has 0 aliphatic heterocycles. The molecule has 1 aliphatic rings. The standard InChI is InChI=1S/C24H26N6O/c1-16-12-19(17(2)30(16)22-6-4-3-5-7-22)13-20(14-25)24(31)28-21-10-8-18(9-11-21)23-26-15-27-29-23/h8-13,15,22H,3-7H2,1-2H3,(H,28,31)(H,26,27,29)/b20-13-. The third-order valence-corrected chi connectivity index (χ3v) is 5.96. The van der Waals surface area contributed by atoms with Gasteiger partial charge in [0.1, 0.15) is 18.0 Å². The Hall–Kier alpha value is -3.66. The largest absolute Gasteiger partial charge is 0.346 e. The zero-order valence-electron chi connectivity index (χ0n) is 17.9. The lowest BCUT2D eigenvalue weighted by atomic mass is 9.95. The highest BCUT2D eigenvalue weighted by Crippen LogP contribution is 2.32. The van der Waals surface area contributed by atoms with E-state index in [1.165, 1.54) is 44.1 Å². The van der Waals surface area contributed by atoms with E-state index in [1.54, 1.807) is 18.2 Å². The summed E-state index contributed by atoms with van der Waals surface area (Å²) in [6, 6.07) is 11.9. The van der Waals surface area contributed by atoms with Crippen molar-refractivity contribution >= 4 is 17.7 Å². The van der Waals surface area contributed by atoms with Crippen LogP contribution in [0.2, 0.25) is 0 Å². The van der Waals surface area contributed by atoms with E-state index in [1.807, 2.05) is 12.1 Å². The molecule has 1 fully saturated rings. The summed E-state index contributed by atoms with van der Waals surface area (Å²) in [6.07, 6.45) is 9.34.